The molecular formula is C14H13FN2O2S2. The number of benzene rings is 1. The molecule has 4 nitrogen and oxygen atoms in total. The molecule has 0 spiro atoms. The maximum Gasteiger partial charge on any atom is 0.222 e. The van der Waals surface area contributed by atoms with Gasteiger partial charge in [0.05, 0.1) is 5.69 Å². The molecule has 2 aromatic rings. The van der Waals surface area contributed by atoms with Crippen LogP contribution < -0.4 is 4.72 Å². The van der Waals surface area contributed by atoms with Crippen molar-refractivity contribution in [3.05, 3.63) is 41.2 Å². The van der Waals surface area contributed by atoms with Gasteiger partial charge in [0.1, 0.15) is 16.6 Å². The Bertz CT molecular complexity index is 746. The molecule has 21 heavy (non-hydrogen) atoms. The van der Waals surface area contributed by atoms with Crippen molar-refractivity contribution < 1.29 is 12.8 Å². The normalized spacial score (nSPS) is 11.2. The van der Waals surface area contributed by atoms with Gasteiger partial charge in [0.15, 0.2) is 0 Å². The van der Waals surface area contributed by atoms with Gasteiger partial charge < -0.3 is 0 Å². The molecule has 1 heterocycles. The second-order valence-corrected chi connectivity index (χ2v) is 6.92. The molecule has 110 valence electrons. The summed E-state index contributed by atoms with van der Waals surface area (Å²) in [5.74, 6) is 1.47. The zero-order valence-corrected chi connectivity index (χ0v) is 12.7. The Labute approximate surface area is 127 Å². The van der Waals surface area contributed by atoms with E-state index in [1.165, 1.54) is 23.5 Å². The van der Waals surface area contributed by atoms with E-state index in [4.69, 9.17) is 6.42 Å². The molecule has 1 N–H and O–H groups in total. The molecule has 0 aliphatic rings. The van der Waals surface area contributed by atoms with Gasteiger partial charge in [-0.05, 0) is 24.3 Å². The second-order valence-electron chi connectivity index (χ2n) is 4.26. The van der Waals surface area contributed by atoms with Crippen LogP contribution in [0.1, 0.15) is 5.69 Å². The third-order valence-corrected chi connectivity index (χ3v) is 4.75. The number of halogens is 1. The van der Waals surface area contributed by atoms with E-state index in [2.05, 4.69) is 15.6 Å². The minimum atomic E-state index is -3.40. The van der Waals surface area contributed by atoms with Crippen molar-refractivity contribution in [2.45, 2.75) is 6.42 Å². The molecule has 0 fully saturated rings. The molecule has 0 aliphatic heterocycles. The van der Waals surface area contributed by atoms with Gasteiger partial charge in [0.25, 0.3) is 0 Å². The summed E-state index contributed by atoms with van der Waals surface area (Å²) in [6.45, 7) is 0.247. The fraction of sp³-hybridized carbons (Fsp3) is 0.214. The molecule has 0 amide bonds. The van der Waals surface area contributed by atoms with E-state index >= 15 is 0 Å². The minimum absolute atomic E-state index is 0.247. The lowest BCUT2D eigenvalue weighted by atomic mass is 10.2. The summed E-state index contributed by atoms with van der Waals surface area (Å²) in [4.78, 5) is 4.40. The van der Waals surface area contributed by atoms with Gasteiger partial charge in [0, 0.05) is 23.9 Å². The Balaban J connectivity index is 1.95. The largest absolute Gasteiger partial charge is 0.241 e. The lowest BCUT2D eigenvalue weighted by Crippen LogP contribution is -2.27. The summed E-state index contributed by atoms with van der Waals surface area (Å²) in [6.07, 6.45) is 5.44. The van der Waals surface area contributed by atoms with E-state index in [1.54, 1.807) is 12.1 Å². The quantitative estimate of drug-likeness (QED) is 0.827. The predicted octanol–water partition coefficient (Wildman–Crippen LogP) is 2.04. The average molecular weight is 324 g/mol. The van der Waals surface area contributed by atoms with Crippen LogP contribution in [0.4, 0.5) is 4.39 Å². The molecule has 0 radical (unpaired) electrons. The fourth-order valence-electron chi connectivity index (χ4n) is 1.64. The topological polar surface area (TPSA) is 59.1 Å². The summed E-state index contributed by atoms with van der Waals surface area (Å²) < 4.78 is 38.0. The molecule has 0 bridgehead atoms. The van der Waals surface area contributed by atoms with E-state index in [9.17, 15) is 12.8 Å². The van der Waals surface area contributed by atoms with Crippen molar-refractivity contribution in [2.75, 3.05) is 12.3 Å². The number of nitrogens with zero attached hydrogens (tertiary/aromatic N) is 1. The maximum atomic E-state index is 12.9. The summed E-state index contributed by atoms with van der Waals surface area (Å²) in [7, 11) is -3.40. The summed E-state index contributed by atoms with van der Waals surface area (Å²) in [6, 6.07) is 6.08. The number of aromatic nitrogens is 1. The van der Waals surface area contributed by atoms with Crippen molar-refractivity contribution in [2.24, 2.45) is 0 Å². The van der Waals surface area contributed by atoms with Crippen LogP contribution in [-0.4, -0.2) is 25.7 Å². The van der Waals surface area contributed by atoms with E-state index in [-0.39, 0.29) is 18.1 Å². The lowest BCUT2D eigenvalue weighted by molar-refractivity contribution is 0.585. The first-order chi connectivity index (χ1) is 10.00. The zero-order valence-electron chi connectivity index (χ0n) is 11.0. The predicted molar refractivity (Wildman–Crippen MR) is 81.8 cm³/mol. The smallest absolute Gasteiger partial charge is 0.222 e. The number of sulfonamides is 1. The van der Waals surface area contributed by atoms with Crippen LogP contribution in [0.25, 0.3) is 10.6 Å². The van der Waals surface area contributed by atoms with Crippen molar-refractivity contribution in [3.8, 4) is 22.9 Å². The zero-order chi connectivity index (χ0) is 15.3. The summed E-state index contributed by atoms with van der Waals surface area (Å²) >= 11 is 1.43. The third kappa shape index (κ3) is 4.63. The second kappa shape index (κ2) is 6.80. The molecule has 0 atom stereocenters. The average Bonchev–Trinajstić information content (AvgIpc) is 2.88. The van der Waals surface area contributed by atoms with Crippen molar-refractivity contribution in [3.63, 3.8) is 0 Å². The minimum Gasteiger partial charge on any atom is -0.241 e. The van der Waals surface area contributed by atoms with Gasteiger partial charge in [-0.25, -0.2) is 22.5 Å². The molecule has 0 saturated carbocycles. The highest BCUT2D eigenvalue weighted by Crippen LogP contribution is 2.23. The highest BCUT2D eigenvalue weighted by atomic mass is 32.2. The first-order valence-electron chi connectivity index (χ1n) is 6.11. The van der Waals surface area contributed by atoms with Gasteiger partial charge >= 0.3 is 0 Å². The highest BCUT2D eigenvalue weighted by Gasteiger charge is 2.09. The van der Waals surface area contributed by atoms with Crippen molar-refractivity contribution in [1.82, 2.24) is 9.71 Å². The van der Waals surface area contributed by atoms with Crippen molar-refractivity contribution in [1.29, 1.82) is 0 Å². The Morgan fingerprint density at radius 3 is 2.71 bits per heavy atom. The van der Waals surface area contributed by atoms with E-state index in [0.29, 0.717) is 6.42 Å². The van der Waals surface area contributed by atoms with Crippen LogP contribution in [0, 0.1) is 18.2 Å². The molecule has 7 heteroatoms. The Morgan fingerprint density at radius 2 is 2.05 bits per heavy atom. The number of thiazole rings is 1. The van der Waals surface area contributed by atoms with Gasteiger partial charge in [-0.2, -0.15) is 0 Å². The first-order valence-corrected chi connectivity index (χ1v) is 8.64. The van der Waals surface area contributed by atoms with Gasteiger partial charge in [-0.1, -0.05) is 5.92 Å². The number of nitrogens with one attached hydrogen (secondary N) is 1. The molecule has 0 unspecified atom stereocenters. The lowest BCUT2D eigenvalue weighted by Gasteiger charge is -2.01. The van der Waals surface area contributed by atoms with E-state index < -0.39 is 10.0 Å². The molecule has 0 saturated heterocycles. The Kier molecular flexibility index (Phi) is 5.07. The summed E-state index contributed by atoms with van der Waals surface area (Å²) in [5, 5.41) is 2.63. The van der Waals surface area contributed by atoms with Crippen LogP contribution in [0.3, 0.4) is 0 Å². The third-order valence-electron chi connectivity index (χ3n) is 2.62. The van der Waals surface area contributed by atoms with Crippen LogP contribution in [0.15, 0.2) is 29.6 Å². The SMILES string of the molecule is C#CCS(=O)(=O)NCCc1csc(-c2ccc(F)cc2)n1. The number of hydrogen-bond acceptors (Lipinski definition) is 4. The van der Waals surface area contributed by atoms with Gasteiger partial charge in [-0.3, -0.25) is 0 Å². The van der Waals surface area contributed by atoms with Gasteiger partial charge in [-0.15, -0.1) is 17.8 Å². The van der Waals surface area contributed by atoms with Crippen LogP contribution in [-0.2, 0) is 16.4 Å². The first kappa shape index (κ1) is 15.6. The standard InChI is InChI=1S/C14H13FN2O2S2/c1-2-9-21(18,19)16-8-7-13-10-20-14(17-13)11-3-5-12(15)6-4-11/h1,3-6,10,16H,7-9H2. The van der Waals surface area contributed by atoms with E-state index in [1.807, 2.05) is 5.38 Å². The molecule has 1 aromatic carbocycles. The number of terminal acetylenes is 1. The van der Waals surface area contributed by atoms with Gasteiger partial charge in [0.2, 0.25) is 10.0 Å². The van der Waals surface area contributed by atoms with Crippen LogP contribution >= 0.6 is 11.3 Å². The Morgan fingerprint density at radius 1 is 1.33 bits per heavy atom. The number of hydrogen-bond donors (Lipinski definition) is 1. The van der Waals surface area contributed by atoms with Crippen LogP contribution in [0.2, 0.25) is 0 Å². The van der Waals surface area contributed by atoms with E-state index in [0.717, 1.165) is 16.3 Å². The molecule has 0 aliphatic carbocycles. The summed E-state index contributed by atoms with van der Waals surface area (Å²) in [5.41, 5.74) is 1.61. The maximum absolute atomic E-state index is 12.9. The molecular weight excluding hydrogens is 311 g/mol. The highest BCUT2D eigenvalue weighted by molar-refractivity contribution is 7.89. The van der Waals surface area contributed by atoms with Crippen LogP contribution in [0.5, 0.6) is 0 Å². The monoisotopic (exact) mass is 324 g/mol. The Hall–Kier alpha value is -1.75. The molecule has 2 rings (SSSR count). The fourth-order valence-corrected chi connectivity index (χ4v) is 3.24. The molecule has 1 aromatic heterocycles. The van der Waals surface area contributed by atoms with Crippen molar-refractivity contribution >= 4 is 21.4 Å². The number of rotatable bonds is 6.